The summed E-state index contributed by atoms with van der Waals surface area (Å²) in [5, 5.41) is 0.922. The molecule has 3 heterocycles. The van der Waals surface area contributed by atoms with Gasteiger partial charge in [-0.1, -0.05) is 17.9 Å². The van der Waals surface area contributed by atoms with Crippen molar-refractivity contribution in [2.24, 2.45) is 5.92 Å². The second kappa shape index (κ2) is 5.95. The van der Waals surface area contributed by atoms with Gasteiger partial charge in [0.25, 0.3) is 0 Å². The maximum Gasteiger partial charge on any atom is 0.237 e. The van der Waals surface area contributed by atoms with E-state index in [-0.39, 0.29) is 17.8 Å². The lowest BCUT2D eigenvalue weighted by molar-refractivity contribution is -0.128. The van der Waals surface area contributed by atoms with Crippen molar-refractivity contribution < 1.29 is 4.79 Å². The number of hydrogen-bond donors (Lipinski definition) is 1. The van der Waals surface area contributed by atoms with Crippen molar-refractivity contribution in [3.8, 4) is 17.5 Å². The molecule has 0 aliphatic carbocycles. The predicted molar refractivity (Wildman–Crippen MR) is 95.9 cm³/mol. The SMILES string of the molecule is CN1CCC(C#Cc2cccc(-n3ccc4cnc(N)nc43)c2)C1=O. The van der Waals surface area contributed by atoms with E-state index < -0.39 is 0 Å². The first-order chi connectivity index (χ1) is 12.1. The van der Waals surface area contributed by atoms with Crippen LogP contribution < -0.4 is 5.73 Å². The smallest absolute Gasteiger partial charge is 0.237 e. The van der Waals surface area contributed by atoms with E-state index in [4.69, 9.17) is 5.73 Å². The quantitative estimate of drug-likeness (QED) is 0.690. The zero-order valence-corrected chi connectivity index (χ0v) is 13.8. The number of aromatic nitrogens is 3. The van der Waals surface area contributed by atoms with Gasteiger partial charge in [-0.05, 0) is 30.7 Å². The van der Waals surface area contributed by atoms with Gasteiger partial charge in [0.15, 0.2) is 0 Å². The number of nitrogens with zero attached hydrogens (tertiary/aromatic N) is 4. The number of carbonyl (C=O) groups excluding carboxylic acids is 1. The minimum Gasteiger partial charge on any atom is -0.368 e. The number of nitrogens with two attached hydrogens (primary N) is 1. The first-order valence-electron chi connectivity index (χ1n) is 8.08. The van der Waals surface area contributed by atoms with E-state index in [9.17, 15) is 4.79 Å². The van der Waals surface area contributed by atoms with Crippen LogP contribution in [0.1, 0.15) is 12.0 Å². The normalized spacial score (nSPS) is 16.9. The third kappa shape index (κ3) is 2.81. The molecule has 2 N–H and O–H groups in total. The van der Waals surface area contributed by atoms with Crippen molar-refractivity contribution in [3.05, 3.63) is 48.3 Å². The van der Waals surface area contributed by atoms with Gasteiger partial charge in [-0.15, -0.1) is 0 Å². The Labute approximate surface area is 145 Å². The number of amides is 1. The fraction of sp³-hybridized carbons (Fsp3) is 0.211. The summed E-state index contributed by atoms with van der Waals surface area (Å²) in [7, 11) is 1.81. The van der Waals surface area contributed by atoms with Crippen LogP contribution in [0.3, 0.4) is 0 Å². The fourth-order valence-electron chi connectivity index (χ4n) is 3.00. The van der Waals surface area contributed by atoms with Crippen LogP contribution in [-0.2, 0) is 4.79 Å². The molecular weight excluding hydrogens is 314 g/mol. The topological polar surface area (TPSA) is 77.0 Å². The average Bonchev–Trinajstić information content (AvgIpc) is 3.17. The second-order valence-corrected chi connectivity index (χ2v) is 6.11. The average molecular weight is 331 g/mol. The highest BCUT2D eigenvalue weighted by Crippen LogP contribution is 2.20. The van der Waals surface area contributed by atoms with Gasteiger partial charge < -0.3 is 15.2 Å². The first kappa shape index (κ1) is 15.2. The number of fused-ring (bicyclic) bond motifs is 1. The number of rotatable bonds is 1. The van der Waals surface area contributed by atoms with Gasteiger partial charge in [0.1, 0.15) is 11.6 Å². The Morgan fingerprint density at radius 1 is 1.32 bits per heavy atom. The molecule has 6 nitrogen and oxygen atoms in total. The monoisotopic (exact) mass is 331 g/mol. The highest BCUT2D eigenvalue weighted by Gasteiger charge is 2.27. The van der Waals surface area contributed by atoms with E-state index in [1.165, 1.54) is 0 Å². The van der Waals surface area contributed by atoms with Gasteiger partial charge in [-0.2, -0.15) is 4.98 Å². The Hall–Kier alpha value is -3.33. The van der Waals surface area contributed by atoms with Crippen molar-refractivity contribution in [2.45, 2.75) is 6.42 Å². The van der Waals surface area contributed by atoms with Crippen LogP contribution in [-0.4, -0.2) is 38.9 Å². The van der Waals surface area contributed by atoms with Crippen LogP contribution in [0, 0.1) is 17.8 Å². The molecule has 0 radical (unpaired) electrons. The van der Waals surface area contributed by atoms with Crippen LogP contribution in [0.5, 0.6) is 0 Å². The van der Waals surface area contributed by atoms with Gasteiger partial charge in [-0.25, -0.2) is 4.98 Å². The third-order valence-electron chi connectivity index (χ3n) is 4.39. The summed E-state index contributed by atoms with van der Waals surface area (Å²) < 4.78 is 1.95. The maximum absolute atomic E-state index is 12.0. The van der Waals surface area contributed by atoms with E-state index in [2.05, 4.69) is 21.8 Å². The summed E-state index contributed by atoms with van der Waals surface area (Å²) >= 11 is 0. The molecule has 1 atom stereocenters. The Bertz CT molecular complexity index is 1030. The molecule has 0 bridgehead atoms. The number of nitrogen functional groups attached to an aromatic ring is 1. The lowest BCUT2D eigenvalue weighted by atomic mass is 10.1. The summed E-state index contributed by atoms with van der Waals surface area (Å²) in [6, 6.07) is 9.79. The van der Waals surface area contributed by atoms with Crippen LogP contribution in [0.2, 0.25) is 0 Å². The second-order valence-electron chi connectivity index (χ2n) is 6.11. The zero-order valence-electron chi connectivity index (χ0n) is 13.8. The third-order valence-corrected chi connectivity index (χ3v) is 4.39. The van der Waals surface area contributed by atoms with Crippen molar-refractivity contribution in [2.75, 3.05) is 19.3 Å². The van der Waals surface area contributed by atoms with Crippen LogP contribution >= 0.6 is 0 Å². The lowest BCUT2D eigenvalue weighted by Gasteiger charge is -2.06. The highest BCUT2D eigenvalue weighted by molar-refractivity contribution is 5.83. The molecule has 3 aromatic rings. The van der Waals surface area contributed by atoms with Crippen LogP contribution in [0.4, 0.5) is 5.95 Å². The van der Waals surface area contributed by atoms with E-state index in [0.29, 0.717) is 0 Å². The molecule has 1 unspecified atom stereocenters. The Kier molecular flexibility index (Phi) is 3.62. The van der Waals surface area contributed by atoms with Gasteiger partial charge in [0, 0.05) is 42.6 Å². The van der Waals surface area contributed by atoms with E-state index in [1.54, 1.807) is 11.1 Å². The Morgan fingerprint density at radius 3 is 3.00 bits per heavy atom. The molecule has 2 aromatic heterocycles. The molecule has 25 heavy (non-hydrogen) atoms. The molecule has 6 heteroatoms. The molecule has 4 rings (SSSR count). The van der Waals surface area contributed by atoms with Crippen LogP contribution in [0.15, 0.2) is 42.7 Å². The Morgan fingerprint density at radius 2 is 2.20 bits per heavy atom. The van der Waals surface area contributed by atoms with Gasteiger partial charge in [0.2, 0.25) is 11.9 Å². The molecule has 124 valence electrons. The molecule has 1 aliphatic heterocycles. The lowest BCUT2D eigenvalue weighted by Crippen LogP contribution is -2.21. The number of hydrogen-bond acceptors (Lipinski definition) is 4. The summed E-state index contributed by atoms with van der Waals surface area (Å²) in [6.45, 7) is 0.773. The van der Waals surface area contributed by atoms with E-state index >= 15 is 0 Å². The largest absolute Gasteiger partial charge is 0.368 e. The summed E-state index contributed by atoms with van der Waals surface area (Å²) in [5.41, 5.74) is 8.27. The van der Waals surface area contributed by atoms with Crippen LogP contribution in [0.25, 0.3) is 16.7 Å². The van der Waals surface area contributed by atoms with Crippen molar-refractivity contribution in [1.82, 2.24) is 19.4 Å². The minimum atomic E-state index is -0.200. The van der Waals surface area contributed by atoms with Gasteiger partial charge in [0.05, 0.1) is 0 Å². The number of anilines is 1. The maximum atomic E-state index is 12.0. The summed E-state index contributed by atoms with van der Waals surface area (Å²) in [6.07, 6.45) is 4.43. The van der Waals surface area contributed by atoms with E-state index in [1.807, 2.05) is 48.1 Å². The minimum absolute atomic E-state index is 0.104. The molecular formula is C19H17N5O. The van der Waals surface area contributed by atoms with Crippen molar-refractivity contribution in [1.29, 1.82) is 0 Å². The van der Waals surface area contributed by atoms with Crippen molar-refractivity contribution >= 4 is 22.9 Å². The number of benzene rings is 1. The predicted octanol–water partition coefficient (Wildman–Crippen LogP) is 1.83. The fourth-order valence-corrected chi connectivity index (χ4v) is 3.00. The number of carbonyl (C=O) groups is 1. The van der Waals surface area contributed by atoms with Gasteiger partial charge in [-0.3, -0.25) is 4.79 Å². The zero-order chi connectivity index (χ0) is 17.4. The molecule has 0 spiro atoms. The molecule has 1 aromatic carbocycles. The molecule has 1 aliphatic rings. The number of likely N-dealkylation sites (tertiary alicyclic amines) is 1. The Balaban J connectivity index is 1.68. The molecule has 1 amide bonds. The van der Waals surface area contributed by atoms with Crippen molar-refractivity contribution in [3.63, 3.8) is 0 Å². The molecule has 1 saturated heterocycles. The highest BCUT2D eigenvalue weighted by atomic mass is 16.2. The first-order valence-corrected chi connectivity index (χ1v) is 8.08. The summed E-state index contributed by atoms with van der Waals surface area (Å²) in [4.78, 5) is 22.0. The molecule has 0 saturated carbocycles. The van der Waals surface area contributed by atoms with Gasteiger partial charge >= 0.3 is 0 Å². The summed E-state index contributed by atoms with van der Waals surface area (Å²) in [5.74, 6) is 6.38. The standard InChI is InChI=1S/C19H17N5O/c1-23-9-7-14(18(23)25)6-5-13-3-2-4-16(11-13)24-10-8-15-12-21-19(20)22-17(15)24/h2-4,8,10-12,14H,7,9H2,1H3,(H2,20,21,22). The molecule has 1 fully saturated rings. The van der Waals surface area contributed by atoms with E-state index in [0.717, 1.165) is 35.2 Å².